The van der Waals surface area contributed by atoms with E-state index in [1.807, 2.05) is 0 Å². The standard InChI is InChI=1S/C19H20F2N2OS/c1-12(2)13-3-5-14(6-4-13)18-23(9-10-25-18)19(24)22-15-7-8-16(20)17(21)11-15/h3-8,11-12,18H,9-10H2,1-2H3,(H,22,24)/t18-/m0/s1. The van der Waals surface area contributed by atoms with Crippen molar-refractivity contribution in [1.82, 2.24) is 4.90 Å². The predicted molar refractivity (Wildman–Crippen MR) is 97.8 cm³/mol. The van der Waals surface area contributed by atoms with Crippen LogP contribution in [0.3, 0.4) is 0 Å². The number of nitrogens with one attached hydrogen (secondary N) is 1. The van der Waals surface area contributed by atoms with Crippen LogP contribution in [-0.2, 0) is 0 Å². The van der Waals surface area contributed by atoms with Gasteiger partial charge in [-0.05, 0) is 29.2 Å². The fraction of sp³-hybridized carbons (Fsp3) is 0.316. The summed E-state index contributed by atoms with van der Waals surface area (Å²) in [6.45, 7) is 4.89. The van der Waals surface area contributed by atoms with Crippen molar-refractivity contribution in [1.29, 1.82) is 0 Å². The number of carbonyl (C=O) groups excluding carboxylic acids is 1. The summed E-state index contributed by atoms with van der Waals surface area (Å²) < 4.78 is 26.3. The van der Waals surface area contributed by atoms with Gasteiger partial charge in [0.2, 0.25) is 0 Å². The number of amides is 2. The molecule has 6 heteroatoms. The molecule has 0 aromatic heterocycles. The van der Waals surface area contributed by atoms with E-state index in [0.29, 0.717) is 12.5 Å². The van der Waals surface area contributed by atoms with Gasteiger partial charge in [0.1, 0.15) is 5.37 Å². The van der Waals surface area contributed by atoms with Gasteiger partial charge in [-0.15, -0.1) is 11.8 Å². The first-order valence-corrected chi connectivity index (χ1v) is 9.24. The van der Waals surface area contributed by atoms with Crippen molar-refractivity contribution in [2.75, 3.05) is 17.6 Å². The molecule has 3 rings (SSSR count). The summed E-state index contributed by atoms with van der Waals surface area (Å²) >= 11 is 1.69. The molecular weight excluding hydrogens is 342 g/mol. The van der Waals surface area contributed by atoms with Gasteiger partial charge in [-0.1, -0.05) is 38.1 Å². The summed E-state index contributed by atoms with van der Waals surface area (Å²) in [6, 6.07) is 11.3. The Kier molecular flexibility index (Phi) is 5.27. The van der Waals surface area contributed by atoms with Crippen LogP contribution in [0.1, 0.15) is 36.3 Å². The Morgan fingerprint density at radius 3 is 2.52 bits per heavy atom. The minimum Gasteiger partial charge on any atom is -0.308 e. The molecule has 1 aliphatic rings. The van der Waals surface area contributed by atoms with Crippen LogP contribution in [0.25, 0.3) is 0 Å². The minimum absolute atomic E-state index is 0.0773. The number of anilines is 1. The van der Waals surface area contributed by atoms with E-state index in [4.69, 9.17) is 0 Å². The van der Waals surface area contributed by atoms with Crippen molar-refractivity contribution in [3.8, 4) is 0 Å². The van der Waals surface area contributed by atoms with Gasteiger partial charge in [0.05, 0.1) is 0 Å². The molecule has 0 saturated carbocycles. The maximum Gasteiger partial charge on any atom is 0.323 e. The molecule has 0 bridgehead atoms. The fourth-order valence-corrected chi connectivity index (χ4v) is 4.02. The summed E-state index contributed by atoms with van der Waals surface area (Å²) in [5.74, 6) is -0.618. The Hall–Kier alpha value is -2.08. The van der Waals surface area contributed by atoms with Crippen molar-refractivity contribution < 1.29 is 13.6 Å². The molecule has 2 amide bonds. The summed E-state index contributed by atoms with van der Waals surface area (Å²) in [7, 11) is 0. The molecule has 1 fully saturated rings. The molecule has 1 atom stereocenters. The SMILES string of the molecule is CC(C)c1ccc([C@@H]2SCCN2C(=O)Nc2ccc(F)c(F)c2)cc1. The maximum absolute atomic E-state index is 13.3. The van der Waals surface area contributed by atoms with E-state index in [0.717, 1.165) is 23.4 Å². The molecule has 132 valence electrons. The van der Waals surface area contributed by atoms with Crippen LogP contribution < -0.4 is 5.32 Å². The van der Waals surface area contributed by atoms with Crippen molar-refractivity contribution in [3.05, 3.63) is 65.2 Å². The summed E-state index contributed by atoms with van der Waals surface area (Å²) in [6.07, 6.45) is 0. The summed E-state index contributed by atoms with van der Waals surface area (Å²) in [5.41, 5.74) is 2.56. The van der Waals surface area contributed by atoms with Crippen molar-refractivity contribution in [3.63, 3.8) is 0 Å². The zero-order valence-electron chi connectivity index (χ0n) is 14.1. The van der Waals surface area contributed by atoms with Gasteiger partial charge in [-0.2, -0.15) is 0 Å². The van der Waals surface area contributed by atoms with Crippen molar-refractivity contribution in [2.24, 2.45) is 0 Å². The molecule has 3 nitrogen and oxygen atoms in total. The molecule has 1 saturated heterocycles. The number of nitrogens with zero attached hydrogens (tertiary/aromatic N) is 1. The summed E-state index contributed by atoms with van der Waals surface area (Å²) in [5, 5.41) is 2.57. The Balaban J connectivity index is 1.74. The lowest BCUT2D eigenvalue weighted by atomic mass is 10.0. The molecule has 25 heavy (non-hydrogen) atoms. The first-order chi connectivity index (χ1) is 12.0. The number of urea groups is 1. The number of thioether (sulfide) groups is 1. The second-order valence-corrected chi connectivity index (χ2v) is 7.49. The average molecular weight is 362 g/mol. The van der Waals surface area contributed by atoms with E-state index >= 15 is 0 Å². The predicted octanol–water partition coefficient (Wildman–Crippen LogP) is 5.37. The van der Waals surface area contributed by atoms with Gasteiger partial charge in [0.15, 0.2) is 11.6 Å². The number of rotatable bonds is 3. The molecule has 2 aromatic rings. The highest BCUT2D eigenvalue weighted by molar-refractivity contribution is 7.99. The zero-order valence-corrected chi connectivity index (χ0v) is 14.9. The van der Waals surface area contributed by atoms with Gasteiger partial charge in [0, 0.05) is 24.1 Å². The smallest absolute Gasteiger partial charge is 0.308 e. The maximum atomic E-state index is 13.3. The first-order valence-electron chi connectivity index (χ1n) is 8.20. The van der Waals surface area contributed by atoms with E-state index in [9.17, 15) is 13.6 Å². The lowest BCUT2D eigenvalue weighted by Crippen LogP contribution is -2.34. The third-order valence-electron chi connectivity index (χ3n) is 4.21. The molecule has 0 radical (unpaired) electrons. The van der Waals surface area contributed by atoms with Gasteiger partial charge >= 0.3 is 6.03 Å². The Morgan fingerprint density at radius 2 is 1.88 bits per heavy atom. The molecule has 1 N–H and O–H groups in total. The van der Waals surface area contributed by atoms with E-state index in [1.165, 1.54) is 11.6 Å². The zero-order chi connectivity index (χ0) is 18.0. The van der Waals surface area contributed by atoms with Gasteiger partial charge in [-0.3, -0.25) is 0 Å². The second kappa shape index (κ2) is 7.44. The Labute approximate surface area is 150 Å². The first kappa shape index (κ1) is 17.7. The normalized spacial score (nSPS) is 17.2. The van der Waals surface area contributed by atoms with Crippen molar-refractivity contribution >= 4 is 23.5 Å². The average Bonchev–Trinajstić information content (AvgIpc) is 3.08. The Morgan fingerprint density at radius 1 is 1.16 bits per heavy atom. The highest BCUT2D eigenvalue weighted by Crippen LogP contribution is 2.38. The van der Waals surface area contributed by atoms with Crippen LogP contribution in [-0.4, -0.2) is 23.2 Å². The Bertz CT molecular complexity index is 765. The van der Waals surface area contributed by atoms with Gasteiger partial charge < -0.3 is 10.2 Å². The number of benzene rings is 2. The third-order valence-corrected chi connectivity index (χ3v) is 5.47. The van der Waals surface area contributed by atoms with Crippen LogP contribution in [0.5, 0.6) is 0 Å². The highest BCUT2D eigenvalue weighted by Gasteiger charge is 2.30. The highest BCUT2D eigenvalue weighted by atomic mass is 32.2. The molecule has 0 unspecified atom stereocenters. The second-order valence-electron chi connectivity index (χ2n) is 6.30. The van der Waals surface area contributed by atoms with E-state index in [1.54, 1.807) is 16.7 Å². The van der Waals surface area contributed by atoms with Gasteiger partial charge in [0.25, 0.3) is 0 Å². The lowest BCUT2D eigenvalue weighted by molar-refractivity contribution is 0.214. The van der Waals surface area contributed by atoms with Crippen LogP contribution in [0, 0.1) is 11.6 Å². The molecule has 1 heterocycles. The number of hydrogen-bond acceptors (Lipinski definition) is 2. The lowest BCUT2D eigenvalue weighted by Gasteiger charge is -2.24. The number of carbonyl (C=O) groups is 1. The summed E-state index contributed by atoms with van der Waals surface area (Å²) in [4.78, 5) is 14.3. The molecule has 1 aliphatic heterocycles. The van der Waals surface area contributed by atoms with Crippen molar-refractivity contribution in [2.45, 2.75) is 25.1 Å². The van der Waals surface area contributed by atoms with Crippen LogP contribution in [0.2, 0.25) is 0 Å². The third kappa shape index (κ3) is 3.95. The molecule has 0 aliphatic carbocycles. The van der Waals surface area contributed by atoms with E-state index in [-0.39, 0.29) is 17.1 Å². The van der Waals surface area contributed by atoms with Gasteiger partial charge in [-0.25, -0.2) is 13.6 Å². The number of halogens is 2. The monoisotopic (exact) mass is 362 g/mol. The largest absolute Gasteiger partial charge is 0.323 e. The van der Waals surface area contributed by atoms with Crippen LogP contribution in [0.4, 0.5) is 19.3 Å². The van der Waals surface area contributed by atoms with E-state index < -0.39 is 11.6 Å². The molecular formula is C19H20F2N2OS. The quantitative estimate of drug-likeness (QED) is 0.796. The van der Waals surface area contributed by atoms with Crippen LogP contribution in [0.15, 0.2) is 42.5 Å². The van der Waals surface area contributed by atoms with Crippen LogP contribution >= 0.6 is 11.8 Å². The van der Waals surface area contributed by atoms with E-state index in [2.05, 4.69) is 43.4 Å². The number of hydrogen-bond donors (Lipinski definition) is 1. The molecule has 2 aromatic carbocycles. The topological polar surface area (TPSA) is 32.3 Å². The minimum atomic E-state index is -0.977. The fourth-order valence-electron chi connectivity index (χ4n) is 2.77. The molecule has 0 spiro atoms.